The van der Waals surface area contributed by atoms with Crippen LogP contribution in [-0.4, -0.2) is 0 Å². The zero-order valence-corrected chi connectivity index (χ0v) is 12.2. The van der Waals surface area contributed by atoms with E-state index in [-0.39, 0.29) is 26.2 Å². The van der Waals surface area contributed by atoms with E-state index in [1.165, 1.54) is 22.3 Å². The molecule has 3 rings (SSSR count). The van der Waals surface area contributed by atoms with E-state index in [4.69, 9.17) is 0 Å². The first-order valence-corrected chi connectivity index (χ1v) is 5.47. The fraction of sp³-hybridized carbons (Fsp3) is 0.0667. The van der Waals surface area contributed by atoms with E-state index in [2.05, 4.69) is 48.7 Å². The third kappa shape index (κ3) is 2.42. The number of nitrogens with one attached hydrogen (secondary N) is 1. The minimum Gasteiger partial charge on any atom is -0.361 e. The number of allylic oxidation sites excluding steroid dienone is 11. The van der Waals surface area contributed by atoms with E-state index >= 15 is 0 Å². The molecule has 3 aliphatic rings. The van der Waals surface area contributed by atoms with Crippen LogP contribution in [-0.2, 0) is 26.2 Å². The van der Waals surface area contributed by atoms with Crippen LogP contribution >= 0.6 is 0 Å². The fourth-order valence-electron chi connectivity index (χ4n) is 2.12. The smallest absolute Gasteiger partial charge is 0.0453 e. The van der Waals surface area contributed by atoms with Crippen LogP contribution in [0.4, 0.5) is 0 Å². The first kappa shape index (κ1) is 12.3. The van der Waals surface area contributed by atoms with E-state index < -0.39 is 0 Å². The number of rotatable bonds is 1. The normalized spacial score (nSPS) is 20.2. The minimum atomic E-state index is 0. The van der Waals surface area contributed by atoms with Crippen LogP contribution in [0.25, 0.3) is 0 Å². The molecule has 2 heteroatoms. The molecule has 0 radical (unpaired) electrons. The first-order valence-electron chi connectivity index (χ1n) is 5.47. The Labute approximate surface area is 121 Å². The summed E-state index contributed by atoms with van der Waals surface area (Å²) >= 11 is 0. The Bertz CT molecular complexity index is 551. The summed E-state index contributed by atoms with van der Waals surface area (Å²) in [5, 5.41) is 3.28. The van der Waals surface area contributed by atoms with Crippen molar-refractivity contribution in [3.05, 3.63) is 82.8 Å². The summed E-state index contributed by atoms with van der Waals surface area (Å²) < 4.78 is 0. The summed E-state index contributed by atoms with van der Waals surface area (Å²) in [4.78, 5) is 0. The standard InChI is InChI=1S/C15H13N.Zr/c1-11-7-12-9-14(10-13(12)8-11)15-5-3-2-4-6-16-15;/h2-10,16H,1H3;. The Morgan fingerprint density at radius 2 is 1.59 bits per heavy atom. The third-order valence-electron chi connectivity index (χ3n) is 2.85. The average Bonchev–Trinajstić information content (AvgIpc) is 2.65. The summed E-state index contributed by atoms with van der Waals surface area (Å²) in [6.07, 6.45) is 19.0. The zero-order valence-electron chi connectivity index (χ0n) is 9.70. The second-order valence-corrected chi connectivity index (χ2v) is 4.16. The maximum absolute atomic E-state index is 3.28. The van der Waals surface area contributed by atoms with E-state index in [1.54, 1.807) is 0 Å². The summed E-state index contributed by atoms with van der Waals surface area (Å²) in [7, 11) is 0. The van der Waals surface area contributed by atoms with Crippen LogP contribution in [0.5, 0.6) is 0 Å². The molecule has 0 unspecified atom stereocenters. The van der Waals surface area contributed by atoms with Gasteiger partial charge in [-0.15, -0.1) is 0 Å². The van der Waals surface area contributed by atoms with Gasteiger partial charge in [0.15, 0.2) is 0 Å². The molecular weight excluding hydrogens is 285 g/mol. The Hall–Kier alpha value is -1.14. The van der Waals surface area contributed by atoms with Gasteiger partial charge >= 0.3 is 0 Å². The van der Waals surface area contributed by atoms with Crippen LogP contribution in [0, 0.1) is 0 Å². The van der Waals surface area contributed by atoms with Gasteiger partial charge in [-0.05, 0) is 53.5 Å². The Morgan fingerprint density at radius 1 is 0.824 bits per heavy atom. The van der Waals surface area contributed by atoms with Crippen molar-refractivity contribution in [1.82, 2.24) is 5.32 Å². The van der Waals surface area contributed by atoms with Crippen molar-refractivity contribution in [3.63, 3.8) is 0 Å². The molecule has 0 aromatic carbocycles. The van der Waals surface area contributed by atoms with Crippen molar-refractivity contribution in [3.8, 4) is 0 Å². The van der Waals surface area contributed by atoms with Crippen molar-refractivity contribution in [2.45, 2.75) is 6.92 Å². The predicted molar refractivity (Wildman–Crippen MR) is 67.5 cm³/mol. The second-order valence-electron chi connectivity index (χ2n) is 4.16. The summed E-state index contributed by atoms with van der Waals surface area (Å²) in [6.45, 7) is 2.13. The van der Waals surface area contributed by atoms with Gasteiger partial charge in [-0.25, -0.2) is 0 Å². The van der Waals surface area contributed by atoms with Crippen molar-refractivity contribution in [2.24, 2.45) is 0 Å². The van der Waals surface area contributed by atoms with Gasteiger partial charge in [0, 0.05) is 38.1 Å². The quantitative estimate of drug-likeness (QED) is 0.783. The molecule has 1 N–H and O–H groups in total. The molecule has 1 aliphatic heterocycles. The van der Waals surface area contributed by atoms with Crippen molar-refractivity contribution < 1.29 is 26.2 Å². The molecule has 82 valence electrons. The minimum absolute atomic E-state index is 0. The van der Waals surface area contributed by atoms with Gasteiger partial charge in [0.05, 0.1) is 0 Å². The van der Waals surface area contributed by atoms with Crippen LogP contribution in [0.2, 0.25) is 0 Å². The largest absolute Gasteiger partial charge is 0.361 e. The SMILES string of the molecule is CC1=CC2=CC(C3=CC=CC=CN3)=CC2=C1.[Zr]. The molecule has 0 aromatic heterocycles. The molecule has 0 spiro atoms. The number of hydrogen-bond acceptors (Lipinski definition) is 1. The Balaban J connectivity index is 0.00000108. The molecule has 1 heterocycles. The topological polar surface area (TPSA) is 12.0 Å². The van der Waals surface area contributed by atoms with Gasteiger partial charge < -0.3 is 5.32 Å². The average molecular weight is 298 g/mol. The molecule has 0 saturated carbocycles. The van der Waals surface area contributed by atoms with Crippen molar-refractivity contribution >= 4 is 0 Å². The zero-order chi connectivity index (χ0) is 11.0. The molecule has 17 heavy (non-hydrogen) atoms. The van der Waals surface area contributed by atoms with Crippen LogP contribution < -0.4 is 5.32 Å². The van der Waals surface area contributed by atoms with Crippen LogP contribution in [0.15, 0.2) is 82.8 Å². The van der Waals surface area contributed by atoms with Gasteiger partial charge in [-0.3, -0.25) is 0 Å². The maximum atomic E-state index is 3.28. The van der Waals surface area contributed by atoms with Gasteiger partial charge in [-0.1, -0.05) is 24.3 Å². The second kappa shape index (κ2) is 5.02. The predicted octanol–water partition coefficient (Wildman–Crippen LogP) is 3.29. The van der Waals surface area contributed by atoms with Gasteiger partial charge in [-0.2, -0.15) is 0 Å². The number of hydrogen-bond donors (Lipinski definition) is 1. The molecule has 0 aromatic rings. The Kier molecular flexibility index (Phi) is 3.64. The van der Waals surface area contributed by atoms with Crippen molar-refractivity contribution in [1.29, 1.82) is 0 Å². The molecule has 0 amide bonds. The first-order chi connectivity index (χ1) is 7.83. The number of fused-ring (bicyclic) bond motifs is 1. The van der Waals surface area contributed by atoms with E-state index in [0.29, 0.717) is 0 Å². The van der Waals surface area contributed by atoms with E-state index in [0.717, 1.165) is 5.70 Å². The molecule has 0 saturated heterocycles. The van der Waals surface area contributed by atoms with Crippen molar-refractivity contribution in [2.75, 3.05) is 0 Å². The Morgan fingerprint density at radius 3 is 2.41 bits per heavy atom. The van der Waals surface area contributed by atoms with Crippen LogP contribution in [0.3, 0.4) is 0 Å². The maximum Gasteiger partial charge on any atom is 0.0453 e. The molecule has 0 bridgehead atoms. The molecule has 2 aliphatic carbocycles. The third-order valence-corrected chi connectivity index (χ3v) is 2.85. The monoisotopic (exact) mass is 297 g/mol. The summed E-state index contributed by atoms with van der Waals surface area (Å²) in [5.74, 6) is 0. The molecular formula is C15H13NZr. The van der Waals surface area contributed by atoms with E-state index in [9.17, 15) is 0 Å². The van der Waals surface area contributed by atoms with Gasteiger partial charge in [0.2, 0.25) is 0 Å². The molecule has 0 atom stereocenters. The van der Waals surface area contributed by atoms with Gasteiger partial charge in [0.1, 0.15) is 0 Å². The van der Waals surface area contributed by atoms with E-state index in [1.807, 2.05) is 18.4 Å². The fourth-order valence-corrected chi connectivity index (χ4v) is 2.12. The molecule has 1 nitrogen and oxygen atoms in total. The summed E-state index contributed by atoms with van der Waals surface area (Å²) in [6, 6.07) is 0. The van der Waals surface area contributed by atoms with Crippen LogP contribution in [0.1, 0.15) is 6.92 Å². The van der Waals surface area contributed by atoms with Gasteiger partial charge in [0.25, 0.3) is 0 Å². The molecule has 0 fully saturated rings. The summed E-state index contributed by atoms with van der Waals surface area (Å²) in [5.41, 5.74) is 6.39.